The van der Waals surface area contributed by atoms with E-state index in [0.717, 1.165) is 5.56 Å². The van der Waals surface area contributed by atoms with Crippen molar-refractivity contribution in [3.8, 4) is 5.75 Å². The first-order valence-corrected chi connectivity index (χ1v) is 8.26. The van der Waals surface area contributed by atoms with Crippen molar-refractivity contribution >= 4 is 10.0 Å². The number of nitrogens with one attached hydrogen (secondary N) is 1. The standard InChI is InChI=1S/C14H24N2O3S/c1-5-16(6-2)20(17,18)14-8-7-13(19-4)11-12(14)9-10-15-3/h7-8,11,15H,5-6,9-10H2,1-4H3. The third-order valence-electron chi connectivity index (χ3n) is 3.24. The van der Waals surface area contributed by atoms with Crippen molar-refractivity contribution in [1.82, 2.24) is 9.62 Å². The predicted octanol–water partition coefficient (Wildman–Crippen LogP) is 1.49. The van der Waals surface area contributed by atoms with E-state index in [1.54, 1.807) is 25.3 Å². The monoisotopic (exact) mass is 300 g/mol. The number of sulfonamides is 1. The van der Waals surface area contributed by atoms with E-state index in [0.29, 0.717) is 36.7 Å². The molecule has 0 saturated carbocycles. The zero-order valence-electron chi connectivity index (χ0n) is 12.6. The SMILES string of the molecule is CCN(CC)S(=O)(=O)c1ccc(OC)cc1CCNC. The molecule has 5 nitrogen and oxygen atoms in total. The molecule has 0 fully saturated rings. The number of ether oxygens (including phenoxy) is 1. The minimum atomic E-state index is -3.44. The van der Waals surface area contributed by atoms with Gasteiger partial charge in [-0.1, -0.05) is 13.8 Å². The fourth-order valence-electron chi connectivity index (χ4n) is 2.09. The highest BCUT2D eigenvalue weighted by atomic mass is 32.2. The maximum absolute atomic E-state index is 12.6. The topological polar surface area (TPSA) is 58.6 Å². The van der Waals surface area contributed by atoms with Crippen molar-refractivity contribution in [3.05, 3.63) is 23.8 Å². The van der Waals surface area contributed by atoms with E-state index in [2.05, 4.69) is 5.32 Å². The van der Waals surface area contributed by atoms with E-state index in [9.17, 15) is 8.42 Å². The van der Waals surface area contributed by atoms with Crippen molar-refractivity contribution in [3.63, 3.8) is 0 Å². The molecule has 20 heavy (non-hydrogen) atoms. The van der Waals surface area contributed by atoms with Crippen molar-refractivity contribution in [2.75, 3.05) is 33.8 Å². The van der Waals surface area contributed by atoms with Gasteiger partial charge in [0.2, 0.25) is 10.0 Å². The number of hydrogen-bond donors (Lipinski definition) is 1. The summed E-state index contributed by atoms with van der Waals surface area (Å²) in [6, 6.07) is 5.13. The van der Waals surface area contributed by atoms with Gasteiger partial charge in [0.15, 0.2) is 0 Å². The molecule has 0 radical (unpaired) electrons. The van der Waals surface area contributed by atoms with Crippen LogP contribution in [0.2, 0.25) is 0 Å². The van der Waals surface area contributed by atoms with E-state index in [1.807, 2.05) is 20.9 Å². The van der Waals surface area contributed by atoms with Crippen LogP contribution in [-0.2, 0) is 16.4 Å². The molecule has 1 aromatic rings. The van der Waals surface area contributed by atoms with Crippen molar-refractivity contribution in [1.29, 1.82) is 0 Å². The lowest BCUT2D eigenvalue weighted by Crippen LogP contribution is -2.31. The summed E-state index contributed by atoms with van der Waals surface area (Å²) in [5.41, 5.74) is 0.783. The number of rotatable bonds is 8. The number of benzene rings is 1. The Morgan fingerprint density at radius 1 is 1.25 bits per heavy atom. The quantitative estimate of drug-likeness (QED) is 0.790. The molecular weight excluding hydrogens is 276 g/mol. The van der Waals surface area contributed by atoms with Crippen LogP contribution in [0.15, 0.2) is 23.1 Å². The van der Waals surface area contributed by atoms with Gasteiger partial charge in [-0.3, -0.25) is 0 Å². The number of likely N-dealkylation sites (N-methyl/N-ethyl adjacent to an activating group) is 1. The summed E-state index contributed by atoms with van der Waals surface area (Å²) < 4.78 is 31.9. The molecule has 0 bridgehead atoms. The molecule has 0 aliphatic rings. The summed E-state index contributed by atoms with van der Waals surface area (Å²) in [7, 11) is -0.0122. The first kappa shape index (κ1) is 16.9. The average molecular weight is 300 g/mol. The summed E-state index contributed by atoms with van der Waals surface area (Å²) in [6.45, 7) is 5.34. The van der Waals surface area contributed by atoms with E-state index < -0.39 is 10.0 Å². The van der Waals surface area contributed by atoms with Gasteiger partial charge < -0.3 is 10.1 Å². The van der Waals surface area contributed by atoms with Crippen LogP contribution >= 0.6 is 0 Å². The summed E-state index contributed by atoms with van der Waals surface area (Å²) >= 11 is 0. The van der Waals surface area contributed by atoms with Gasteiger partial charge >= 0.3 is 0 Å². The highest BCUT2D eigenvalue weighted by molar-refractivity contribution is 7.89. The highest BCUT2D eigenvalue weighted by Crippen LogP contribution is 2.25. The molecule has 0 aliphatic carbocycles. The molecule has 0 spiro atoms. The predicted molar refractivity (Wildman–Crippen MR) is 80.7 cm³/mol. The molecule has 0 aromatic heterocycles. The Bertz CT molecular complexity index is 525. The second-order valence-electron chi connectivity index (χ2n) is 4.42. The Hall–Kier alpha value is -1.11. The van der Waals surface area contributed by atoms with Gasteiger partial charge in [0, 0.05) is 13.1 Å². The Balaban J connectivity index is 3.28. The fraction of sp³-hybridized carbons (Fsp3) is 0.571. The Labute approximate surface area is 122 Å². The number of hydrogen-bond acceptors (Lipinski definition) is 4. The van der Waals surface area contributed by atoms with Crippen LogP contribution < -0.4 is 10.1 Å². The zero-order chi connectivity index (χ0) is 15.2. The fourth-order valence-corrected chi connectivity index (χ4v) is 3.78. The molecule has 0 atom stereocenters. The lowest BCUT2D eigenvalue weighted by Gasteiger charge is -2.21. The highest BCUT2D eigenvalue weighted by Gasteiger charge is 2.24. The summed E-state index contributed by atoms with van der Waals surface area (Å²) in [6.07, 6.45) is 0.642. The Kier molecular flexibility index (Phi) is 6.45. The maximum Gasteiger partial charge on any atom is 0.243 e. The van der Waals surface area contributed by atoms with Crippen LogP contribution in [0.5, 0.6) is 5.75 Å². The molecule has 1 rings (SSSR count). The van der Waals surface area contributed by atoms with E-state index in [-0.39, 0.29) is 0 Å². The van der Waals surface area contributed by atoms with Crippen LogP contribution in [0.25, 0.3) is 0 Å². The first-order valence-electron chi connectivity index (χ1n) is 6.82. The second-order valence-corrected chi connectivity index (χ2v) is 6.32. The summed E-state index contributed by atoms with van der Waals surface area (Å²) in [4.78, 5) is 0.372. The van der Waals surface area contributed by atoms with Crippen molar-refractivity contribution in [2.45, 2.75) is 25.2 Å². The van der Waals surface area contributed by atoms with Gasteiger partial charge in [-0.25, -0.2) is 8.42 Å². The third kappa shape index (κ3) is 3.71. The van der Waals surface area contributed by atoms with E-state index >= 15 is 0 Å². The largest absolute Gasteiger partial charge is 0.497 e. The van der Waals surface area contributed by atoms with Crippen LogP contribution in [0.4, 0.5) is 0 Å². The van der Waals surface area contributed by atoms with Gasteiger partial charge in [-0.2, -0.15) is 4.31 Å². The van der Waals surface area contributed by atoms with Crippen molar-refractivity contribution in [2.24, 2.45) is 0 Å². The summed E-state index contributed by atoms with van der Waals surface area (Å²) in [5, 5.41) is 3.04. The van der Waals surface area contributed by atoms with Gasteiger partial charge in [0.05, 0.1) is 12.0 Å². The van der Waals surface area contributed by atoms with Crippen LogP contribution in [0, 0.1) is 0 Å². The smallest absolute Gasteiger partial charge is 0.243 e. The van der Waals surface area contributed by atoms with Crippen LogP contribution in [0.1, 0.15) is 19.4 Å². The molecular formula is C14H24N2O3S. The minimum absolute atomic E-state index is 0.372. The number of nitrogens with zero attached hydrogens (tertiary/aromatic N) is 1. The first-order chi connectivity index (χ1) is 9.51. The molecule has 0 amide bonds. The van der Waals surface area contributed by atoms with Gasteiger partial charge in [-0.15, -0.1) is 0 Å². The molecule has 0 unspecified atom stereocenters. The van der Waals surface area contributed by atoms with Crippen LogP contribution in [0.3, 0.4) is 0 Å². The van der Waals surface area contributed by atoms with Gasteiger partial charge in [0.25, 0.3) is 0 Å². The summed E-state index contributed by atoms with van der Waals surface area (Å²) in [5.74, 6) is 0.676. The van der Waals surface area contributed by atoms with E-state index in [1.165, 1.54) is 4.31 Å². The second kappa shape index (κ2) is 7.61. The third-order valence-corrected chi connectivity index (χ3v) is 5.39. The Morgan fingerprint density at radius 2 is 1.90 bits per heavy atom. The van der Waals surface area contributed by atoms with Gasteiger partial charge in [0.1, 0.15) is 5.75 Å². The molecule has 1 aromatic carbocycles. The maximum atomic E-state index is 12.6. The van der Waals surface area contributed by atoms with E-state index in [4.69, 9.17) is 4.74 Å². The van der Waals surface area contributed by atoms with Crippen molar-refractivity contribution < 1.29 is 13.2 Å². The normalized spacial score (nSPS) is 11.8. The molecule has 1 N–H and O–H groups in total. The number of methoxy groups -OCH3 is 1. The molecule has 0 saturated heterocycles. The van der Waals surface area contributed by atoms with Gasteiger partial charge in [-0.05, 0) is 43.8 Å². The molecule has 6 heteroatoms. The Morgan fingerprint density at radius 3 is 2.40 bits per heavy atom. The lowest BCUT2D eigenvalue weighted by molar-refractivity contribution is 0.413. The lowest BCUT2D eigenvalue weighted by atomic mass is 10.1. The molecule has 0 heterocycles. The molecule has 0 aliphatic heterocycles. The average Bonchev–Trinajstić information content (AvgIpc) is 2.45. The van der Waals surface area contributed by atoms with Crippen LogP contribution in [-0.4, -0.2) is 46.5 Å². The molecule has 114 valence electrons. The minimum Gasteiger partial charge on any atom is -0.497 e. The zero-order valence-corrected chi connectivity index (χ0v) is 13.5.